The average Bonchev–Trinajstić information content (AvgIpc) is 3.38. The number of nitrogens with zero attached hydrogens (tertiary/aromatic N) is 3. The van der Waals surface area contributed by atoms with Crippen molar-refractivity contribution < 1.29 is 18.3 Å². The number of ether oxygens (including phenoxy) is 1. The number of thioether (sulfide) groups is 1. The second kappa shape index (κ2) is 12.1. The second-order valence-electron chi connectivity index (χ2n) is 10.7. The van der Waals surface area contributed by atoms with Gasteiger partial charge in [0, 0.05) is 27.5 Å². The smallest absolute Gasteiger partial charge is 0.387 e. The van der Waals surface area contributed by atoms with Crippen LogP contribution in [0.1, 0.15) is 58.4 Å². The normalized spacial score (nSPS) is 14.1. The Morgan fingerprint density at radius 2 is 1.67 bits per heavy atom. The highest BCUT2D eigenvalue weighted by Crippen LogP contribution is 2.36. The molecule has 1 aliphatic rings. The zero-order chi connectivity index (χ0) is 30.2. The number of aryl methyl sites for hydroxylation is 3. The highest BCUT2D eigenvalue weighted by molar-refractivity contribution is 8.00. The third kappa shape index (κ3) is 5.65. The fourth-order valence-electron chi connectivity index (χ4n) is 5.86. The molecule has 3 aromatic heterocycles. The lowest BCUT2D eigenvalue weighted by Gasteiger charge is -2.16. The Labute approximate surface area is 256 Å². The Hall–Kier alpha value is -3.76. The molecule has 43 heavy (non-hydrogen) atoms. The van der Waals surface area contributed by atoms with E-state index >= 15 is 0 Å². The van der Waals surface area contributed by atoms with Crippen LogP contribution < -0.4 is 10.3 Å². The fraction of sp³-hybridized carbons (Fsp3) is 0.303. The highest BCUT2D eigenvalue weighted by Gasteiger charge is 2.27. The average molecular weight is 620 g/mol. The summed E-state index contributed by atoms with van der Waals surface area (Å²) < 4.78 is 33.2. The minimum absolute atomic E-state index is 0.0682. The first kappa shape index (κ1) is 29.3. The van der Waals surface area contributed by atoms with Crippen molar-refractivity contribution in [3.05, 3.63) is 98.4 Å². The molecule has 0 spiro atoms. The molecule has 6 rings (SSSR count). The molecule has 0 radical (unpaired) electrons. The summed E-state index contributed by atoms with van der Waals surface area (Å²) in [6.07, 6.45) is 5.20. The van der Waals surface area contributed by atoms with E-state index in [1.807, 2.05) is 61.7 Å². The van der Waals surface area contributed by atoms with E-state index in [0.29, 0.717) is 16.1 Å². The molecule has 1 aliphatic carbocycles. The summed E-state index contributed by atoms with van der Waals surface area (Å²) in [5.74, 6) is -0.0171. The largest absolute Gasteiger partial charge is 0.435 e. The summed E-state index contributed by atoms with van der Waals surface area (Å²) in [4.78, 5) is 35.0. The summed E-state index contributed by atoms with van der Waals surface area (Å²) in [5.41, 5.74) is 4.64. The van der Waals surface area contributed by atoms with E-state index in [4.69, 9.17) is 4.98 Å². The zero-order valence-corrected chi connectivity index (χ0v) is 25.7. The number of fused-ring (bicyclic) bond motifs is 3. The maximum absolute atomic E-state index is 14.1. The molecule has 0 saturated heterocycles. The van der Waals surface area contributed by atoms with Crippen molar-refractivity contribution in [1.29, 1.82) is 0 Å². The SMILES string of the molecule is Cc1cc(C(=O)[C@H](C)Sc2nc3sc4c(c3c(=O)n2-c2ccccc2)CCCCC4)c(C)n1-c1ccc(OC(F)F)cc1. The van der Waals surface area contributed by atoms with Crippen LogP contribution in [0.25, 0.3) is 21.6 Å². The summed E-state index contributed by atoms with van der Waals surface area (Å²) in [7, 11) is 0. The third-order valence-electron chi connectivity index (χ3n) is 7.89. The number of carbonyl (C=O) groups excluding carboxylic acids is 1. The minimum Gasteiger partial charge on any atom is -0.435 e. The number of rotatable bonds is 8. The van der Waals surface area contributed by atoms with Crippen LogP contribution in [-0.4, -0.2) is 31.8 Å². The van der Waals surface area contributed by atoms with Gasteiger partial charge in [-0.25, -0.2) is 4.98 Å². The Kier molecular flexibility index (Phi) is 8.24. The highest BCUT2D eigenvalue weighted by atomic mass is 32.2. The summed E-state index contributed by atoms with van der Waals surface area (Å²) >= 11 is 2.90. The van der Waals surface area contributed by atoms with Crippen molar-refractivity contribution in [3.63, 3.8) is 0 Å². The number of carbonyl (C=O) groups is 1. The molecule has 0 unspecified atom stereocenters. The minimum atomic E-state index is -2.90. The van der Waals surface area contributed by atoms with Crippen molar-refractivity contribution in [2.45, 2.75) is 69.9 Å². The molecule has 3 heterocycles. The number of para-hydroxylation sites is 1. The van der Waals surface area contributed by atoms with Gasteiger partial charge in [-0.2, -0.15) is 8.78 Å². The standard InChI is InChI=1S/C33H31F2N3O3S2/c1-19-18-26(20(2)37(19)23-14-16-24(17-15-23)41-32(34)35)29(39)21(3)42-33-36-30-28(25-12-8-5-9-13-27(25)43-30)31(40)38(33)22-10-6-4-7-11-22/h4,6-7,10-11,14-18,21,32H,5,8-9,12-13H2,1-3H3/t21-/m0/s1. The predicted octanol–water partition coefficient (Wildman–Crippen LogP) is 8.09. The van der Waals surface area contributed by atoms with Gasteiger partial charge in [-0.3, -0.25) is 14.2 Å². The van der Waals surface area contributed by atoms with Crippen molar-refractivity contribution in [3.8, 4) is 17.1 Å². The van der Waals surface area contributed by atoms with Gasteiger partial charge in [0.2, 0.25) is 0 Å². The number of hydrogen-bond acceptors (Lipinski definition) is 6. The molecular weight excluding hydrogens is 589 g/mol. The molecule has 10 heteroatoms. The van der Waals surface area contributed by atoms with Crippen LogP contribution in [0.2, 0.25) is 0 Å². The Morgan fingerprint density at radius 3 is 2.40 bits per heavy atom. The van der Waals surface area contributed by atoms with Crippen molar-refractivity contribution in [2.24, 2.45) is 0 Å². The summed E-state index contributed by atoms with van der Waals surface area (Å²) in [6.45, 7) is 2.70. The van der Waals surface area contributed by atoms with E-state index in [2.05, 4.69) is 4.74 Å². The predicted molar refractivity (Wildman–Crippen MR) is 168 cm³/mol. The molecule has 1 atom stereocenters. The Morgan fingerprint density at radius 1 is 0.977 bits per heavy atom. The van der Waals surface area contributed by atoms with E-state index in [1.54, 1.807) is 28.0 Å². The molecule has 0 saturated carbocycles. The number of ketones is 1. The lowest BCUT2D eigenvalue weighted by molar-refractivity contribution is -0.0498. The third-order valence-corrected chi connectivity index (χ3v) is 10.1. The number of halogens is 2. The van der Waals surface area contributed by atoms with E-state index in [-0.39, 0.29) is 17.1 Å². The molecule has 0 aliphatic heterocycles. The molecular formula is C33H31F2N3O3S2. The van der Waals surface area contributed by atoms with Crippen molar-refractivity contribution in [1.82, 2.24) is 14.1 Å². The van der Waals surface area contributed by atoms with Gasteiger partial charge in [-0.05, 0) is 94.5 Å². The van der Waals surface area contributed by atoms with Gasteiger partial charge >= 0.3 is 6.61 Å². The number of alkyl halides is 2. The first-order chi connectivity index (χ1) is 20.7. The monoisotopic (exact) mass is 619 g/mol. The van der Waals surface area contributed by atoms with Crippen LogP contribution in [0.15, 0.2) is 70.6 Å². The fourth-order valence-corrected chi connectivity index (χ4v) is 8.16. The van der Waals surface area contributed by atoms with Gasteiger partial charge in [0.05, 0.1) is 16.3 Å². The van der Waals surface area contributed by atoms with Crippen molar-refractivity contribution >= 4 is 39.1 Å². The first-order valence-corrected chi connectivity index (χ1v) is 16.0. The van der Waals surface area contributed by atoms with Crippen LogP contribution in [-0.2, 0) is 12.8 Å². The van der Waals surface area contributed by atoms with Gasteiger partial charge in [-0.1, -0.05) is 36.4 Å². The van der Waals surface area contributed by atoms with Gasteiger partial charge in [0.25, 0.3) is 5.56 Å². The lowest BCUT2D eigenvalue weighted by atomic mass is 10.1. The molecule has 222 valence electrons. The van der Waals surface area contributed by atoms with Gasteiger partial charge < -0.3 is 9.30 Å². The van der Waals surface area contributed by atoms with Gasteiger partial charge in [0.15, 0.2) is 10.9 Å². The van der Waals surface area contributed by atoms with Crippen LogP contribution >= 0.6 is 23.1 Å². The van der Waals surface area contributed by atoms with Crippen LogP contribution in [0.5, 0.6) is 5.75 Å². The second-order valence-corrected chi connectivity index (χ2v) is 13.1. The van der Waals surface area contributed by atoms with E-state index in [9.17, 15) is 18.4 Å². The van der Waals surface area contributed by atoms with Crippen LogP contribution in [0.3, 0.4) is 0 Å². The van der Waals surface area contributed by atoms with Gasteiger partial charge in [-0.15, -0.1) is 11.3 Å². The zero-order valence-electron chi connectivity index (χ0n) is 24.1. The number of Topliss-reactive ketones (excluding diaryl/α,β-unsaturated/α-hetero) is 1. The maximum Gasteiger partial charge on any atom is 0.387 e. The molecule has 5 aromatic rings. The Balaban J connectivity index is 1.36. The number of benzene rings is 2. The molecule has 0 N–H and O–H groups in total. The molecule has 0 bridgehead atoms. The number of thiophene rings is 1. The summed E-state index contributed by atoms with van der Waals surface area (Å²) in [6, 6.07) is 17.7. The quantitative estimate of drug-likeness (QED) is 0.0760. The number of aromatic nitrogens is 3. The Bertz CT molecular complexity index is 1860. The molecule has 0 fully saturated rings. The van der Waals surface area contributed by atoms with Crippen LogP contribution in [0, 0.1) is 13.8 Å². The van der Waals surface area contributed by atoms with E-state index in [0.717, 1.165) is 65.3 Å². The molecule has 6 nitrogen and oxygen atoms in total. The van der Waals surface area contributed by atoms with E-state index < -0.39 is 11.9 Å². The lowest BCUT2D eigenvalue weighted by Crippen LogP contribution is -2.24. The maximum atomic E-state index is 14.1. The molecule has 0 amide bonds. The van der Waals surface area contributed by atoms with Crippen LogP contribution in [0.4, 0.5) is 8.78 Å². The van der Waals surface area contributed by atoms with E-state index in [1.165, 1.54) is 28.8 Å². The number of hydrogen-bond donors (Lipinski definition) is 0. The topological polar surface area (TPSA) is 66.1 Å². The summed E-state index contributed by atoms with van der Waals surface area (Å²) in [5, 5.41) is 0.667. The molecule has 2 aromatic carbocycles. The first-order valence-electron chi connectivity index (χ1n) is 14.3. The van der Waals surface area contributed by atoms with Gasteiger partial charge in [0.1, 0.15) is 10.6 Å². The van der Waals surface area contributed by atoms with Crippen molar-refractivity contribution in [2.75, 3.05) is 0 Å².